The van der Waals surface area contributed by atoms with Crippen LogP contribution in [0.3, 0.4) is 0 Å². The van der Waals surface area contributed by atoms with Gasteiger partial charge in [0.15, 0.2) is 0 Å². The first kappa shape index (κ1) is 14.0. The van der Waals surface area contributed by atoms with Crippen LogP contribution in [-0.2, 0) is 0 Å². The van der Waals surface area contributed by atoms with Crippen LogP contribution in [0, 0.1) is 11.8 Å². The van der Waals surface area contributed by atoms with Crippen molar-refractivity contribution >= 4 is 0 Å². The highest BCUT2D eigenvalue weighted by Gasteiger charge is 2.30. The van der Waals surface area contributed by atoms with Gasteiger partial charge in [-0.3, -0.25) is 4.90 Å². The van der Waals surface area contributed by atoms with Gasteiger partial charge in [0.2, 0.25) is 0 Å². The van der Waals surface area contributed by atoms with E-state index in [2.05, 4.69) is 32.6 Å². The zero-order chi connectivity index (χ0) is 12.1. The summed E-state index contributed by atoms with van der Waals surface area (Å²) in [5.41, 5.74) is 6.26. The standard InChI is InChI=1S/C14H30N2/c1-5-12(4)14(15)10-16(13-6-7-13)9-8-11(2)3/h11-14H,5-10,15H2,1-4H3. The lowest BCUT2D eigenvalue weighted by molar-refractivity contribution is 0.212. The summed E-state index contributed by atoms with van der Waals surface area (Å²) in [6, 6.07) is 1.21. The Kier molecular flexibility index (Phi) is 5.77. The van der Waals surface area contributed by atoms with Crippen molar-refractivity contribution in [3.63, 3.8) is 0 Å². The third-order valence-electron chi connectivity index (χ3n) is 3.88. The van der Waals surface area contributed by atoms with E-state index < -0.39 is 0 Å². The van der Waals surface area contributed by atoms with Gasteiger partial charge in [-0.1, -0.05) is 34.1 Å². The molecule has 2 heteroatoms. The average molecular weight is 226 g/mol. The number of nitrogens with two attached hydrogens (primary N) is 1. The highest BCUT2D eigenvalue weighted by molar-refractivity contribution is 4.87. The predicted molar refractivity (Wildman–Crippen MR) is 71.5 cm³/mol. The number of rotatable bonds is 8. The van der Waals surface area contributed by atoms with Gasteiger partial charge in [0.05, 0.1) is 0 Å². The summed E-state index contributed by atoms with van der Waals surface area (Å²) in [4.78, 5) is 2.64. The first-order valence-corrected chi connectivity index (χ1v) is 7.04. The van der Waals surface area contributed by atoms with Gasteiger partial charge in [-0.25, -0.2) is 0 Å². The van der Waals surface area contributed by atoms with Gasteiger partial charge in [0, 0.05) is 18.6 Å². The maximum Gasteiger partial charge on any atom is 0.0193 e. The SMILES string of the molecule is CCC(C)C(N)CN(CCC(C)C)C1CC1. The minimum absolute atomic E-state index is 0.359. The van der Waals surface area contributed by atoms with Crippen molar-refractivity contribution in [2.45, 2.75) is 65.5 Å². The van der Waals surface area contributed by atoms with E-state index >= 15 is 0 Å². The fraction of sp³-hybridized carbons (Fsp3) is 1.00. The van der Waals surface area contributed by atoms with Crippen LogP contribution in [0.25, 0.3) is 0 Å². The number of hydrogen-bond donors (Lipinski definition) is 1. The van der Waals surface area contributed by atoms with Gasteiger partial charge in [-0.2, -0.15) is 0 Å². The summed E-state index contributed by atoms with van der Waals surface area (Å²) in [5, 5.41) is 0. The third kappa shape index (κ3) is 4.84. The first-order valence-electron chi connectivity index (χ1n) is 7.04. The van der Waals surface area contributed by atoms with E-state index in [1.54, 1.807) is 0 Å². The summed E-state index contributed by atoms with van der Waals surface area (Å²) in [6.45, 7) is 11.5. The minimum atomic E-state index is 0.359. The molecule has 0 aromatic carbocycles. The molecule has 0 heterocycles. The Morgan fingerprint density at radius 1 is 1.25 bits per heavy atom. The Bertz CT molecular complexity index is 187. The van der Waals surface area contributed by atoms with Crippen molar-refractivity contribution < 1.29 is 0 Å². The molecule has 2 unspecified atom stereocenters. The van der Waals surface area contributed by atoms with Crippen molar-refractivity contribution in [3.05, 3.63) is 0 Å². The quantitative estimate of drug-likeness (QED) is 0.689. The first-order chi connectivity index (χ1) is 7.54. The van der Waals surface area contributed by atoms with Crippen LogP contribution in [0.4, 0.5) is 0 Å². The normalized spacial score (nSPS) is 20.4. The van der Waals surface area contributed by atoms with E-state index in [9.17, 15) is 0 Å². The Labute approximate surface area is 102 Å². The molecule has 2 nitrogen and oxygen atoms in total. The van der Waals surface area contributed by atoms with Crippen LogP contribution in [0.5, 0.6) is 0 Å². The Balaban J connectivity index is 2.32. The molecule has 0 spiro atoms. The zero-order valence-electron chi connectivity index (χ0n) is 11.6. The zero-order valence-corrected chi connectivity index (χ0v) is 11.6. The molecule has 1 aliphatic carbocycles. The maximum absolute atomic E-state index is 6.26. The van der Waals surface area contributed by atoms with Crippen molar-refractivity contribution in [2.75, 3.05) is 13.1 Å². The molecule has 0 radical (unpaired) electrons. The Morgan fingerprint density at radius 3 is 2.31 bits per heavy atom. The molecule has 96 valence electrons. The second-order valence-corrected chi connectivity index (χ2v) is 5.96. The molecule has 1 aliphatic rings. The van der Waals surface area contributed by atoms with Crippen LogP contribution in [0.2, 0.25) is 0 Å². The molecule has 16 heavy (non-hydrogen) atoms. The van der Waals surface area contributed by atoms with Gasteiger partial charge in [-0.05, 0) is 37.6 Å². The Hall–Kier alpha value is -0.0800. The van der Waals surface area contributed by atoms with E-state index in [4.69, 9.17) is 5.73 Å². The van der Waals surface area contributed by atoms with Crippen LogP contribution >= 0.6 is 0 Å². The van der Waals surface area contributed by atoms with Crippen molar-refractivity contribution in [3.8, 4) is 0 Å². The fourth-order valence-corrected chi connectivity index (χ4v) is 2.04. The predicted octanol–water partition coefficient (Wildman–Crippen LogP) is 2.87. The van der Waals surface area contributed by atoms with E-state index in [1.807, 2.05) is 0 Å². The summed E-state index contributed by atoms with van der Waals surface area (Å²) in [7, 11) is 0. The topological polar surface area (TPSA) is 29.3 Å². The van der Waals surface area contributed by atoms with Gasteiger partial charge in [0.1, 0.15) is 0 Å². The summed E-state index contributed by atoms with van der Waals surface area (Å²) < 4.78 is 0. The molecule has 0 saturated heterocycles. The highest BCUT2D eigenvalue weighted by Crippen LogP contribution is 2.28. The van der Waals surface area contributed by atoms with Gasteiger partial charge in [0.25, 0.3) is 0 Å². The van der Waals surface area contributed by atoms with Gasteiger partial charge in [-0.15, -0.1) is 0 Å². The Morgan fingerprint density at radius 2 is 1.88 bits per heavy atom. The molecule has 1 saturated carbocycles. The summed E-state index contributed by atoms with van der Waals surface area (Å²) >= 11 is 0. The van der Waals surface area contributed by atoms with Crippen molar-refractivity contribution in [1.82, 2.24) is 4.90 Å². The van der Waals surface area contributed by atoms with E-state index in [0.29, 0.717) is 12.0 Å². The van der Waals surface area contributed by atoms with Crippen LogP contribution in [0.1, 0.15) is 53.4 Å². The van der Waals surface area contributed by atoms with Crippen LogP contribution in [-0.4, -0.2) is 30.1 Å². The molecule has 0 amide bonds. The van der Waals surface area contributed by atoms with Gasteiger partial charge >= 0.3 is 0 Å². The maximum atomic E-state index is 6.26. The molecule has 1 fully saturated rings. The molecule has 0 aromatic rings. The lowest BCUT2D eigenvalue weighted by Gasteiger charge is -2.28. The molecule has 2 N–H and O–H groups in total. The average Bonchev–Trinajstić information content (AvgIpc) is 3.06. The molecule has 0 aliphatic heterocycles. The van der Waals surface area contributed by atoms with E-state index in [0.717, 1.165) is 18.5 Å². The molecule has 2 atom stereocenters. The second-order valence-electron chi connectivity index (χ2n) is 5.96. The summed E-state index contributed by atoms with van der Waals surface area (Å²) in [6.07, 6.45) is 5.30. The molecule has 0 aromatic heterocycles. The molecular weight excluding hydrogens is 196 g/mol. The largest absolute Gasteiger partial charge is 0.326 e. The fourth-order valence-electron chi connectivity index (χ4n) is 2.04. The van der Waals surface area contributed by atoms with Crippen molar-refractivity contribution in [1.29, 1.82) is 0 Å². The molecular formula is C14H30N2. The third-order valence-corrected chi connectivity index (χ3v) is 3.88. The lowest BCUT2D eigenvalue weighted by Crippen LogP contribution is -2.43. The minimum Gasteiger partial charge on any atom is -0.326 e. The summed E-state index contributed by atoms with van der Waals surface area (Å²) in [5.74, 6) is 1.46. The lowest BCUT2D eigenvalue weighted by atomic mass is 9.99. The monoisotopic (exact) mass is 226 g/mol. The highest BCUT2D eigenvalue weighted by atomic mass is 15.2. The number of hydrogen-bond acceptors (Lipinski definition) is 2. The second kappa shape index (κ2) is 6.61. The van der Waals surface area contributed by atoms with Crippen molar-refractivity contribution in [2.24, 2.45) is 17.6 Å². The van der Waals surface area contributed by atoms with Crippen LogP contribution in [0.15, 0.2) is 0 Å². The number of nitrogens with zero attached hydrogens (tertiary/aromatic N) is 1. The van der Waals surface area contributed by atoms with E-state index in [-0.39, 0.29) is 0 Å². The van der Waals surface area contributed by atoms with E-state index in [1.165, 1.54) is 32.2 Å². The molecule has 0 bridgehead atoms. The van der Waals surface area contributed by atoms with Crippen LogP contribution < -0.4 is 5.73 Å². The smallest absolute Gasteiger partial charge is 0.0193 e. The van der Waals surface area contributed by atoms with Gasteiger partial charge < -0.3 is 5.73 Å². The molecule has 1 rings (SSSR count).